The summed E-state index contributed by atoms with van der Waals surface area (Å²) in [6, 6.07) is 17.4. The van der Waals surface area contributed by atoms with E-state index in [2.05, 4.69) is 4.98 Å². The smallest absolute Gasteiger partial charge is 0.340 e. The van der Waals surface area contributed by atoms with E-state index in [-0.39, 0.29) is 5.97 Å². The first-order chi connectivity index (χ1) is 10.3. The maximum absolute atomic E-state index is 12.4. The molecule has 1 aromatic heterocycles. The van der Waals surface area contributed by atoms with Crippen LogP contribution in [0.5, 0.6) is 0 Å². The molecule has 0 bridgehead atoms. The van der Waals surface area contributed by atoms with Crippen molar-refractivity contribution < 1.29 is 9.53 Å². The van der Waals surface area contributed by atoms with Crippen molar-refractivity contribution in [2.24, 2.45) is 0 Å². The molecule has 0 aliphatic rings. The van der Waals surface area contributed by atoms with E-state index < -0.39 is 0 Å². The molecule has 0 saturated heterocycles. The van der Waals surface area contributed by atoms with Crippen LogP contribution in [0.4, 0.5) is 0 Å². The number of hydrogen-bond donors (Lipinski definition) is 0. The molecule has 3 aromatic rings. The molecule has 0 amide bonds. The third-order valence-electron chi connectivity index (χ3n) is 3.33. The number of carbonyl (C=O) groups excluding carboxylic acids is 1. The van der Waals surface area contributed by atoms with Crippen LogP contribution in [-0.4, -0.2) is 17.6 Å². The van der Waals surface area contributed by atoms with Crippen LogP contribution in [0.15, 0.2) is 60.8 Å². The van der Waals surface area contributed by atoms with Crippen molar-refractivity contribution in [3.05, 3.63) is 66.4 Å². The Labute approximate surface area is 123 Å². The van der Waals surface area contributed by atoms with E-state index in [4.69, 9.17) is 4.74 Å². The summed E-state index contributed by atoms with van der Waals surface area (Å²) in [6.07, 6.45) is 1.79. The van der Waals surface area contributed by atoms with Gasteiger partial charge >= 0.3 is 5.97 Å². The van der Waals surface area contributed by atoms with E-state index in [0.29, 0.717) is 17.9 Å². The predicted molar refractivity (Wildman–Crippen MR) is 83.1 cm³/mol. The summed E-state index contributed by atoms with van der Waals surface area (Å²) in [7, 11) is 0. The second kappa shape index (κ2) is 5.75. The summed E-state index contributed by atoms with van der Waals surface area (Å²) >= 11 is 0. The zero-order valence-electron chi connectivity index (χ0n) is 11.7. The van der Waals surface area contributed by atoms with E-state index in [9.17, 15) is 4.79 Å². The molecule has 0 unspecified atom stereocenters. The van der Waals surface area contributed by atoms with E-state index in [1.807, 2.05) is 54.6 Å². The van der Waals surface area contributed by atoms with Gasteiger partial charge in [-0.2, -0.15) is 0 Å². The molecule has 3 heteroatoms. The van der Waals surface area contributed by atoms with Gasteiger partial charge in [-0.1, -0.05) is 54.6 Å². The van der Waals surface area contributed by atoms with Crippen LogP contribution in [0, 0.1) is 0 Å². The molecular formula is C18H15NO2. The molecule has 0 aliphatic carbocycles. The van der Waals surface area contributed by atoms with E-state index >= 15 is 0 Å². The summed E-state index contributed by atoms with van der Waals surface area (Å²) in [5.74, 6) is -0.333. The minimum atomic E-state index is -0.333. The maximum atomic E-state index is 12.4. The first-order valence-electron chi connectivity index (χ1n) is 6.91. The fraction of sp³-hybridized carbons (Fsp3) is 0.111. The number of ether oxygens (including phenoxy) is 1. The normalized spacial score (nSPS) is 10.5. The molecule has 0 spiro atoms. The molecular weight excluding hydrogens is 262 g/mol. The molecule has 3 rings (SSSR count). The van der Waals surface area contributed by atoms with Gasteiger partial charge in [0.25, 0.3) is 0 Å². The molecule has 2 aromatic carbocycles. The largest absolute Gasteiger partial charge is 0.462 e. The predicted octanol–water partition coefficient (Wildman–Crippen LogP) is 4.08. The van der Waals surface area contributed by atoms with Gasteiger partial charge in [-0.3, -0.25) is 4.98 Å². The van der Waals surface area contributed by atoms with Gasteiger partial charge in [0.2, 0.25) is 0 Å². The van der Waals surface area contributed by atoms with Gasteiger partial charge in [-0.25, -0.2) is 4.79 Å². The Bertz CT molecular complexity index is 782. The van der Waals surface area contributed by atoms with E-state index in [0.717, 1.165) is 16.3 Å². The Morgan fingerprint density at radius 1 is 1.05 bits per heavy atom. The van der Waals surface area contributed by atoms with Gasteiger partial charge < -0.3 is 4.74 Å². The van der Waals surface area contributed by atoms with Gasteiger partial charge in [0.05, 0.1) is 17.9 Å². The molecule has 3 nitrogen and oxygen atoms in total. The summed E-state index contributed by atoms with van der Waals surface area (Å²) in [4.78, 5) is 16.9. The van der Waals surface area contributed by atoms with Gasteiger partial charge in [0.15, 0.2) is 0 Å². The lowest BCUT2D eigenvalue weighted by atomic mass is 10.00. The molecule has 0 fully saturated rings. The minimum absolute atomic E-state index is 0.333. The number of nitrogens with zero attached hydrogens (tertiary/aromatic N) is 1. The quantitative estimate of drug-likeness (QED) is 0.677. The second-order valence-corrected chi connectivity index (χ2v) is 4.66. The monoisotopic (exact) mass is 277 g/mol. The van der Waals surface area contributed by atoms with Gasteiger partial charge in [-0.15, -0.1) is 0 Å². The number of pyridine rings is 1. The average molecular weight is 277 g/mol. The fourth-order valence-corrected chi connectivity index (χ4v) is 2.39. The Morgan fingerprint density at radius 3 is 2.52 bits per heavy atom. The van der Waals surface area contributed by atoms with E-state index in [1.165, 1.54) is 0 Å². The topological polar surface area (TPSA) is 39.2 Å². The highest BCUT2D eigenvalue weighted by atomic mass is 16.5. The lowest BCUT2D eigenvalue weighted by molar-refractivity contribution is 0.0529. The number of carbonyl (C=O) groups is 1. The summed E-state index contributed by atoms with van der Waals surface area (Å²) in [5.41, 5.74) is 2.10. The zero-order valence-corrected chi connectivity index (χ0v) is 11.7. The number of rotatable bonds is 3. The molecule has 104 valence electrons. The van der Waals surface area contributed by atoms with E-state index in [1.54, 1.807) is 13.1 Å². The highest BCUT2D eigenvalue weighted by molar-refractivity contribution is 6.09. The lowest BCUT2D eigenvalue weighted by Gasteiger charge is -2.11. The zero-order chi connectivity index (χ0) is 14.7. The van der Waals surface area contributed by atoms with Crippen molar-refractivity contribution in [2.75, 3.05) is 6.61 Å². The third-order valence-corrected chi connectivity index (χ3v) is 3.33. The second-order valence-electron chi connectivity index (χ2n) is 4.66. The molecule has 0 N–H and O–H groups in total. The number of aromatic nitrogens is 1. The van der Waals surface area contributed by atoms with Crippen LogP contribution in [0.3, 0.4) is 0 Å². The number of hydrogen-bond acceptors (Lipinski definition) is 3. The van der Waals surface area contributed by atoms with Crippen LogP contribution in [-0.2, 0) is 4.74 Å². The molecule has 0 aliphatic heterocycles. The molecule has 0 atom stereocenters. The Kier molecular flexibility index (Phi) is 3.65. The van der Waals surface area contributed by atoms with Crippen molar-refractivity contribution in [3.8, 4) is 11.3 Å². The highest BCUT2D eigenvalue weighted by Gasteiger charge is 2.18. The molecule has 1 heterocycles. The summed E-state index contributed by atoms with van der Waals surface area (Å²) in [5, 5.41) is 1.80. The van der Waals surface area contributed by atoms with Crippen molar-refractivity contribution in [2.45, 2.75) is 6.92 Å². The number of fused-ring (bicyclic) bond motifs is 1. The number of benzene rings is 2. The van der Waals surface area contributed by atoms with Gasteiger partial charge in [0, 0.05) is 17.1 Å². The highest BCUT2D eigenvalue weighted by Crippen LogP contribution is 2.28. The van der Waals surface area contributed by atoms with Crippen molar-refractivity contribution in [1.82, 2.24) is 4.98 Å². The van der Waals surface area contributed by atoms with Crippen LogP contribution in [0.2, 0.25) is 0 Å². The third kappa shape index (κ3) is 2.50. The lowest BCUT2D eigenvalue weighted by Crippen LogP contribution is -2.08. The average Bonchev–Trinajstić information content (AvgIpc) is 2.54. The Hall–Kier alpha value is -2.68. The first kappa shape index (κ1) is 13.3. The first-order valence-corrected chi connectivity index (χ1v) is 6.91. The molecule has 21 heavy (non-hydrogen) atoms. The van der Waals surface area contributed by atoms with Crippen LogP contribution < -0.4 is 0 Å². The van der Waals surface area contributed by atoms with Crippen LogP contribution in [0.25, 0.3) is 22.0 Å². The Balaban J connectivity index is 2.29. The van der Waals surface area contributed by atoms with Gasteiger partial charge in [0.1, 0.15) is 0 Å². The maximum Gasteiger partial charge on any atom is 0.340 e. The summed E-state index contributed by atoms with van der Waals surface area (Å²) in [6.45, 7) is 2.15. The van der Waals surface area contributed by atoms with Crippen LogP contribution in [0.1, 0.15) is 17.3 Å². The Morgan fingerprint density at radius 2 is 1.76 bits per heavy atom. The minimum Gasteiger partial charge on any atom is -0.462 e. The van der Waals surface area contributed by atoms with Crippen LogP contribution >= 0.6 is 0 Å². The number of esters is 1. The molecule has 0 saturated carbocycles. The van der Waals surface area contributed by atoms with Gasteiger partial charge in [-0.05, 0) is 12.3 Å². The standard InChI is InChI=1S/C18H15NO2/c1-2-21-18(20)16-15-11-7-6-10-14(15)12-19-17(16)13-8-4-3-5-9-13/h3-12H,2H2,1H3. The van der Waals surface area contributed by atoms with Crippen molar-refractivity contribution in [1.29, 1.82) is 0 Å². The fourth-order valence-electron chi connectivity index (χ4n) is 2.39. The summed E-state index contributed by atoms with van der Waals surface area (Å²) < 4.78 is 5.22. The van der Waals surface area contributed by atoms with Crippen molar-refractivity contribution >= 4 is 16.7 Å². The van der Waals surface area contributed by atoms with Crippen molar-refractivity contribution in [3.63, 3.8) is 0 Å². The molecule has 0 radical (unpaired) electrons. The SMILES string of the molecule is CCOC(=O)c1c(-c2ccccc2)ncc2ccccc12.